The van der Waals surface area contributed by atoms with Crippen LogP contribution in [-0.4, -0.2) is 26.8 Å². The van der Waals surface area contributed by atoms with E-state index in [0.29, 0.717) is 12.1 Å². The summed E-state index contributed by atoms with van der Waals surface area (Å²) in [5, 5.41) is 20.8. The summed E-state index contributed by atoms with van der Waals surface area (Å²) in [5.74, 6) is 0. The van der Waals surface area contributed by atoms with Gasteiger partial charge in [-0.25, -0.2) is 4.79 Å². The van der Waals surface area contributed by atoms with Crippen molar-refractivity contribution in [3.05, 3.63) is 50.8 Å². The fourth-order valence-corrected chi connectivity index (χ4v) is 2.71. The van der Waals surface area contributed by atoms with Gasteiger partial charge in [0.05, 0.1) is 16.3 Å². The van der Waals surface area contributed by atoms with Crippen LogP contribution in [0.1, 0.15) is 29.4 Å². The van der Waals surface area contributed by atoms with Crippen molar-refractivity contribution in [2.24, 2.45) is 7.05 Å². The van der Waals surface area contributed by atoms with Crippen molar-refractivity contribution in [1.82, 2.24) is 15.1 Å². The minimum Gasteiger partial charge on any atom is -0.335 e. The number of hydrogen-bond acceptors (Lipinski definition) is 4. The number of aromatic nitrogens is 2. The Bertz CT molecular complexity index is 813. The van der Waals surface area contributed by atoms with Crippen LogP contribution >= 0.6 is 0 Å². The van der Waals surface area contributed by atoms with Crippen LogP contribution in [0.5, 0.6) is 0 Å². The van der Waals surface area contributed by atoms with Gasteiger partial charge in [0.2, 0.25) is 0 Å². The molecule has 0 saturated carbocycles. The quantitative estimate of drug-likeness (QED) is 0.642. The number of nitrogens with one attached hydrogen (secondary N) is 2. The maximum absolute atomic E-state index is 12.2. The van der Waals surface area contributed by atoms with Crippen molar-refractivity contribution in [3.8, 4) is 0 Å². The number of non-ortho nitro benzene ring substituents is 1. The first-order valence-corrected chi connectivity index (χ1v) is 8.00. The van der Waals surface area contributed by atoms with Crippen LogP contribution in [0.4, 0.5) is 16.2 Å². The summed E-state index contributed by atoms with van der Waals surface area (Å²) in [4.78, 5) is 22.6. The minimum absolute atomic E-state index is 0.0597. The van der Waals surface area contributed by atoms with Crippen LogP contribution in [0.25, 0.3) is 0 Å². The number of carbonyl (C=O) groups is 1. The Morgan fingerprint density at radius 1 is 1.36 bits per heavy atom. The third kappa shape index (κ3) is 4.34. The minimum atomic E-state index is -0.487. The number of benzene rings is 1. The first kappa shape index (κ1) is 18.4. The van der Waals surface area contributed by atoms with Crippen molar-refractivity contribution >= 4 is 17.4 Å². The number of hydrogen-bond donors (Lipinski definition) is 2. The lowest BCUT2D eigenvalue weighted by Crippen LogP contribution is -2.37. The highest BCUT2D eigenvalue weighted by atomic mass is 16.6. The van der Waals surface area contributed by atoms with Gasteiger partial charge in [-0.05, 0) is 45.2 Å². The van der Waals surface area contributed by atoms with Crippen LogP contribution in [0.3, 0.4) is 0 Å². The maximum Gasteiger partial charge on any atom is 0.319 e. The summed E-state index contributed by atoms with van der Waals surface area (Å²) in [6, 6.07) is 3.87. The van der Waals surface area contributed by atoms with E-state index in [2.05, 4.69) is 15.7 Å². The molecule has 0 aliphatic heterocycles. The number of rotatable bonds is 5. The lowest BCUT2D eigenvalue weighted by Gasteiger charge is -2.16. The monoisotopic (exact) mass is 345 g/mol. The van der Waals surface area contributed by atoms with Crippen molar-refractivity contribution in [1.29, 1.82) is 0 Å². The van der Waals surface area contributed by atoms with Gasteiger partial charge in [0, 0.05) is 30.9 Å². The molecule has 0 bridgehead atoms. The van der Waals surface area contributed by atoms with Crippen LogP contribution in [0, 0.1) is 30.9 Å². The third-order valence-electron chi connectivity index (χ3n) is 4.23. The molecule has 1 aromatic heterocycles. The molecule has 0 saturated heterocycles. The second-order valence-electron chi connectivity index (χ2n) is 6.23. The van der Waals surface area contributed by atoms with Gasteiger partial charge >= 0.3 is 6.03 Å². The van der Waals surface area contributed by atoms with E-state index < -0.39 is 11.0 Å². The van der Waals surface area contributed by atoms with E-state index in [1.54, 1.807) is 13.0 Å². The van der Waals surface area contributed by atoms with Gasteiger partial charge in [-0.3, -0.25) is 14.8 Å². The molecule has 1 atom stereocenters. The van der Waals surface area contributed by atoms with Crippen LogP contribution < -0.4 is 10.6 Å². The summed E-state index contributed by atoms with van der Waals surface area (Å²) in [6.07, 6.45) is 0.660. The van der Waals surface area contributed by atoms with E-state index in [0.717, 1.165) is 22.5 Å². The fourth-order valence-electron chi connectivity index (χ4n) is 2.71. The van der Waals surface area contributed by atoms with Crippen molar-refractivity contribution in [2.45, 2.75) is 40.2 Å². The molecular weight excluding hydrogens is 322 g/mol. The number of nitro benzene ring substituents is 1. The van der Waals surface area contributed by atoms with Crippen LogP contribution in [0.2, 0.25) is 0 Å². The van der Waals surface area contributed by atoms with Crippen LogP contribution in [-0.2, 0) is 13.5 Å². The highest BCUT2D eigenvalue weighted by Gasteiger charge is 2.16. The van der Waals surface area contributed by atoms with Gasteiger partial charge in [0.15, 0.2) is 0 Å². The molecule has 0 aliphatic rings. The zero-order valence-electron chi connectivity index (χ0n) is 15.1. The molecule has 2 amide bonds. The van der Waals surface area contributed by atoms with E-state index in [1.165, 1.54) is 12.1 Å². The zero-order chi connectivity index (χ0) is 18.7. The largest absolute Gasteiger partial charge is 0.335 e. The maximum atomic E-state index is 12.2. The Morgan fingerprint density at radius 2 is 2.04 bits per heavy atom. The molecule has 1 heterocycles. The summed E-state index contributed by atoms with van der Waals surface area (Å²) in [5.41, 5.74) is 4.25. The van der Waals surface area contributed by atoms with Crippen molar-refractivity contribution in [2.75, 3.05) is 5.32 Å². The number of nitro groups is 1. The molecule has 2 rings (SSSR count). The number of amides is 2. The molecule has 0 unspecified atom stereocenters. The second-order valence-corrected chi connectivity index (χ2v) is 6.23. The van der Waals surface area contributed by atoms with E-state index in [-0.39, 0.29) is 11.7 Å². The van der Waals surface area contributed by atoms with Crippen LogP contribution in [0.15, 0.2) is 18.2 Å². The summed E-state index contributed by atoms with van der Waals surface area (Å²) >= 11 is 0. The number of carbonyl (C=O) groups excluding carboxylic acids is 1. The van der Waals surface area contributed by atoms with E-state index in [1.807, 2.05) is 32.5 Å². The highest BCUT2D eigenvalue weighted by Crippen LogP contribution is 2.21. The van der Waals surface area contributed by atoms with Gasteiger partial charge in [-0.2, -0.15) is 5.10 Å². The van der Waals surface area contributed by atoms with E-state index in [4.69, 9.17) is 0 Å². The predicted octanol–water partition coefficient (Wildman–Crippen LogP) is 3.01. The Hall–Kier alpha value is -2.90. The van der Waals surface area contributed by atoms with Crippen molar-refractivity contribution < 1.29 is 9.72 Å². The number of urea groups is 1. The molecule has 0 radical (unpaired) electrons. The highest BCUT2D eigenvalue weighted by molar-refractivity contribution is 5.90. The molecule has 0 aliphatic carbocycles. The Labute approximate surface area is 146 Å². The fraction of sp³-hybridized carbons (Fsp3) is 0.412. The lowest BCUT2D eigenvalue weighted by atomic mass is 10.1. The molecule has 2 aromatic rings. The SMILES string of the molecule is Cc1ccc([N+](=O)[O-])cc1NC(=O)N[C@H](C)Cc1c(C)nn(C)c1C. The molecule has 1 aromatic carbocycles. The standard InChI is InChI=1S/C17H23N5O3/c1-10-6-7-14(22(24)25)9-16(10)19-17(23)18-11(2)8-15-12(3)20-21(5)13(15)4/h6-7,9,11H,8H2,1-5H3,(H2,18,19,23)/t11-/m1/s1. The molecular formula is C17H23N5O3. The molecule has 0 spiro atoms. The summed E-state index contributed by atoms with van der Waals surface area (Å²) < 4.78 is 1.82. The Balaban J connectivity index is 2.02. The first-order valence-electron chi connectivity index (χ1n) is 8.00. The number of nitrogens with zero attached hydrogens (tertiary/aromatic N) is 3. The van der Waals surface area contributed by atoms with E-state index in [9.17, 15) is 14.9 Å². The number of aryl methyl sites for hydroxylation is 3. The summed E-state index contributed by atoms with van der Waals surface area (Å²) in [6.45, 7) is 7.63. The zero-order valence-corrected chi connectivity index (χ0v) is 15.1. The molecule has 8 nitrogen and oxygen atoms in total. The second kappa shape index (κ2) is 7.33. The van der Waals surface area contributed by atoms with Gasteiger partial charge < -0.3 is 10.6 Å². The summed E-state index contributed by atoms with van der Waals surface area (Å²) in [7, 11) is 1.89. The van der Waals surface area contributed by atoms with E-state index >= 15 is 0 Å². The molecule has 134 valence electrons. The van der Waals surface area contributed by atoms with Gasteiger partial charge in [0.25, 0.3) is 5.69 Å². The topological polar surface area (TPSA) is 102 Å². The first-order chi connectivity index (χ1) is 11.7. The predicted molar refractivity (Wildman–Crippen MR) is 95.8 cm³/mol. The average molecular weight is 345 g/mol. The average Bonchev–Trinajstić information content (AvgIpc) is 2.75. The van der Waals surface area contributed by atoms with Crippen molar-refractivity contribution in [3.63, 3.8) is 0 Å². The van der Waals surface area contributed by atoms with Gasteiger partial charge in [0.1, 0.15) is 0 Å². The molecule has 2 N–H and O–H groups in total. The molecule has 25 heavy (non-hydrogen) atoms. The Kier molecular flexibility index (Phi) is 5.41. The number of anilines is 1. The van der Waals surface area contributed by atoms with Gasteiger partial charge in [-0.1, -0.05) is 6.07 Å². The molecule has 8 heteroatoms. The molecule has 0 fully saturated rings. The smallest absolute Gasteiger partial charge is 0.319 e. The van der Waals surface area contributed by atoms with Gasteiger partial charge in [-0.15, -0.1) is 0 Å². The third-order valence-corrected chi connectivity index (χ3v) is 4.23. The normalized spacial score (nSPS) is 11.9. The lowest BCUT2D eigenvalue weighted by molar-refractivity contribution is -0.384. The Morgan fingerprint density at radius 3 is 2.60 bits per heavy atom.